The SMILES string of the molecule is COc1ccc([C@H]2CCC[C@@H](NCc3ccccc3)C2)cc1. The summed E-state index contributed by atoms with van der Waals surface area (Å²) in [6.07, 6.45) is 5.14. The maximum absolute atomic E-state index is 5.25. The second-order valence-corrected chi connectivity index (χ2v) is 6.20. The van der Waals surface area contributed by atoms with Crippen LogP contribution in [0.4, 0.5) is 0 Å². The lowest BCUT2D eigenvalue weighted by Crippen LogP contribution is -2.33. The summed E-state index contributed by atoms with van der Waals surface area (Å²) >= 11 is 0. The van der Waals surface area contributed by atoms with E-state index in [0.29, 0.717) is 12.0 Å². The zero-order chi connectivity index (χ0) is 15.2. The van der Waals surface area contributed by atoms with E-state index >= 15 is 0 Å². The highest BCUT2D eigenvalue weighted by atomic mass is 16.5. The Kier molecular flexibility index (Phi) is 5.12. The number of methoxy groups -OCH3 is 1. The highest BCUT2D eigenvalue weighted by Crippen LogP contribution is 2.33. The van der Waals surface area contributed by atoms with Crippen LogP contribution in [0.25, 0.3) is 0 Å². The molecule has 0 bridgehead atoms. The van der Waals surface area contributed by atoms with Crippen LogP contribution in [0, 0.1) is 0 Å². The van der Waals surface area contributed by atoms with Crippen molar-refractivity contribution in [3.05, 3.63) is 65.7 Å². The van der Waals surface area contributed by atoms with Gasteiger partial charge < -0.3 is 10.1 Å². The van der Waals surface area contributed by atoms with Crippen LogP contribution < -0.4 is 10.1 Å². The Morgan fingerprint density at radius 3 is 2.50 bits per heavy atom. The van der Waals surface area contributed by atoms with Gasteiger partial charge in [0.1, 0.15) is 5.75 Å². The van der Waals surface area contributed by atoms with Gasteiger partial charge in [0.15, 0.2) is 0 Å². The minimum atomic E-state index is 0.626. The highest BCUT2D eigenvalue weighted by molar-refractivity contribution is 5.29. The van der Waals surface area contributed by atoms with Crippen LogP contribution >= 0.6 is 0 Å². The Labute approximate surface area is 133 Å². The van der Waals surface area contributed by atoms with Crippen molar-refractivity contribution in [1.29, 1.82) is 0 Å². The monoisotopic (exact) mass is 295 g/mol. The smallest absolute Gasteiger partial charge is 0.118 e. The zero-order valence-electron chi connectivity index (χ0n) is 13.3. The van der Waals surface area contributed by atoms with Gasteiger partial charge in [0, 0.05) is 12.6 Å². The minimum Gasteiger partial charge on any atom is -0.497 e. The van der Waals surface area contributed by atoms with Crippen molar-refractivity contribution in [2.75, 3.05) is 7.11 Å². The molecule has 1 fully saturated rings. The molecule has 1 aliphatic carbocycles. The van der Waals surface area contributed by atoms with Gasteiger partial charge in [-0.15, -0.1) is 0 Å². The zero-order valence-corrected chi connectivity index (χ0v) is 13.3. The number of benzene rings is 2. The lowest BCUT2D eigenvalue weighted by atomic mass is 9.81. The topological polar surface area (TPSA) is 21.3 Å². The molecule has 0 amide bonds. The summed E-state index contributed by atoms with van der Waals surface area (Å²) < 4.78 is 5.25. The van der Waals surface area contributed by atoms with Crippen LogP contribution in [0.15, 0.2) is 54.6 Å². The van der Waals surface area contributed by atoms with Gasteiger partial charge in [-0.2, -0.15) is 0 Å². The molecule has 2 nitrogen and oxygen atoms in total. The Hall–Kier alpha value is -1.80. The molecule has 2 heteroatoms. The summed E-state index contributed by atoms with van der Waals surface area (Å²) in [5, 5.41) is 3.74. The Balaban J connectivity index is 1.56. The molecule has 22 heavy (non-hydrogen) atoms. The lowest BCUT2D eigenvalue weighted by Gasteiger charge is -2.30. The summed E-state index contributed by atoms with van der Waals surface area (Å²) in [6.45, 7) is 0.973. The number of hydrogen-bond donors (Lipinski definition) is 1. The molecule has 0 radical (unpaired) electrons. The van der Waals surface area contributed by atoms with E-state index in [4.69, 9.17) is 4.74 Å². The van der Waals surface area contributed by atoms with Crippen LogP contribution in [0.1, 0.15) is 42.7 Å². The summed E-state index contributed by atoms with van der Waals surface area (Å²) in [5.41, 5.74) is 2.82. The highest BCUT2D eigenvalue weighted by Gasteiger charge is 2.22. The molecule has 2 aromatic carbocycles. The van der Waals surface area contributed by atoms with Gasteiger partial charge in [-0.25, -0.2) is 0 Å². The fraction of sp³-hybridized carbons (Fsp3) is 0.400. The molecule has 3 rings (SSSR count). The van der Waals surface area contributed by atoms with Gasteiger partial charge >= 0.3 is 0 Å². The first-order chi connectivity index (χ1) is 10.8. The Morgan fingerprint density at radius 1 is 1.00 bits per heavy atom. The third-order valence-electron chi connectivity index (χ3n) is 4.70. The molecule has 0 aromatic heterocycles. The molecular weight excluding hydrogens is 270 g/mol. The van der Waals surface area contributed by atoms with Crippen molar-refractivity contribution in [1.82, 2.24) is 5.32 Å². The van der Waals surface area contributed by atoms with Gasteiger partial charge in [0.05, 0.1) is 7.11 Å². The van der Waals surface area contributed by atoms with Crippen molar-refractivity contribution in [3.63, 3.8) is 0 Å². The second kappa shape index (κ2) is 7.46. The fourth-order valence-corrected chi connectivity index (χ4v) is 3.41. The molecule has 1 aliphatic rings. The molecule has 0 unspecified atom stereocenters. The number of hydrogen-bond acceptors (Lipinski definition) is 2. The van der Waals surface area contributed by atoms with E-state index < -0.39 is 0 Å². The molecule has 1 N–H and O–H groups in total. The molecule has 2 aromatic rings. The van der Waals surface area contributed by atoms with Crippen molar-refractivity contribution >= 4 is 0 Å². The normalized spacial score (nSPS) is 21.5. The Bertz CT molecular complexity index is 564. The van der Waals surface area contributed by atoms with E-state index in [1.54, 1.807) is 7.11 Å². The third-order valence-corrected chi connectivity index (χ3v) is 4.70. The summed E-state index contributed by atoms with van der Waals surface area (Å²) in [6, 6.07) is 19.9. The minimum absolute atomic E-state index is 0.626. The molecule has 0 aliphatic heterocycles. The summed E-state index contributed by atoms with van der Waals surface area (Å²) in [4.78, 5) is 0. The van der Waals surface area contributed by atoms with Crippen LogP contribution in [-0.4, -0.2) is 13.2 Å². The average Bonchev–Trinajstić information content (AvgIpc) is 2.61. The maximum atomic E-state index is 5.25. The first-order valence-corrected chi connectivity index (χ1v) is 8.26. The molecule has 116 valence electrons. The van der Waals surface area contributed by atoms with Crippen molar-refractivity contribution in [3.8, 4) is 5.75 Å². The summed E-state index contributed by atoms with van der Waals surface area (Å²) in [5.74, 6) is 1.62. The number of ether oxygens (including phenoxy) is 1. The first kappa shape index (κ1) is 15.1. The molecule has 1 saturated carbocycles. The lowest BCUT2D eigenvalue weighted by molar-refractivity contribution is 0.338. The van der Waals surface area contributed by atoms with E-state index in [0.717, 1.165) is 12.3 Å². The third kappa shape index (κ3) is 3.89. The van der Waals surface area contributed by atoms with Crippen LogP contribution in [0.3, 0.4) is 0 Å². The van der Waals surface area contributed by atoms with Gasteiger partial charge in [-0.3, -0.25) is 0 Å². The number of nitrogens with one attached hydrogen (secondary N) is 1. The van der Waals surface area contributed by atoms with E-state index in [1.165, 1.54) is 36.8 Å². The molecule has 0 heterocycles. The van der Waals surface area contributed by atoms with Crippen molar-refractivity contribution < 1.29 is 4.74 Å². The van der Waals surface area contributed by atoms with Gasteiger partial charge in [-0.1, -0.05) is 48.9 Å². The largest absolute Gasteiger partial charge is 0.497 e. The Morgan fingerprint density at radius 2 is 1.77 bits per heavy atom. The standard InChI is InChI=1S/C20H25NO/c1-22-20-12-10-17(11-13-20)18-8-5-9-19(14-18)21-15-16-6-3-2-4-7-16/h2-4,6-7,10-13,18-19,21H,5,8-9,14-15H2,1H3/t18-,19+/m0/s1. The fourth-order valence-electron chi connectivity index (χ4n) is 3.41. The predicted molar refractivity (Wildman–Crippen MR) is 91.3 cm³/mol. The van der Waals surface area contributed by atoms with Crippen molar-refractivity contribution in [2.45, 2.75) is 44.2 Å². The van der Waals surface area contributed by atoms with Crippen LogP contribution in [0.5, 0.6) is 5.75 Å². The van der Waals surface area contributed by atoms with Crippen molar-refractivity contribution in [2.24, 2.45) is 0 Å². The average molecular weight is 295 g/mol. The van der Waals surface area contributed by atoms with Gasteiger partial charge in [0.2, 0.25) is 0 Å². The quantitative estimate of drug-likeness (QED) is 0.876. The first-order valence-electron chi connectivity index (χ1n) is 8.26. The van der Waals surface area contributed by atoms with E-state index in [2.05, 4.69) is 59.9 Å². The van der Waals surface area contributed by atoms with Crippen LogP contribution in [0.2, 0.25) is 0 Å². The molecule has 0 saturated heterocycles. The molecule has 2 atom stereocenters. The van der Waals surface area contributed by atoms with Gasteiger partial charge in [-0.05, 0) is 48.4 Å². The van der Waals surface area contributed by atoms with E-state index in [9.17, 15) is 0 Å². The van der Waals surface area contributed by atoms with Gasteiger partial charge in [0.25, 0.3) is 0 Å². The second-order valence-electron chi connectivity index (χ2n) is 6.20. The van der Waals surface area contributed by atoms with Crippen LogP contribution in [-0.2, 0) is 6.54 Å². The summed E-state index contributed by atoms with van der Waals surface area (Å²) in [7, 11) is 1.72. The molecular formula is C20H25NO. The molecule has 0 spiro atoms. The predicted octanol–water partition coefficient (Wildman–Crippen LogP) is 4.51. The number of rotatable bonds is 5. The van der Waals surface area contributed by atoms with E-state index in [-0.39, 0.29) is 0 Å². The maximum Gasteiger partial charge on any atom is 0.118 e. The van der Waals surface area contributed by atoms with E-state index in [1.807, 2.05) is 0 Å².